The zero-order chi connectivity index (χ0) is 14.0. The van der Waals surface area contributed by atoms with Gasteiger partial charge < -0.3 is 19.5 Å². The second-order valence-electron chi connectivity index (χ2n) is 4.47. The Labute approximate surface area is 110 Å². The number of carbonyl (C=O) groups is 1. The summed E-state index contributed by atoms with van der Waals surface area (Å²) in [6.07, 6.45) is 0.608. The van der Waals surface area contributed by atoms with E-state index in [1.165, 1.54) is 0 Å². The van der Waals surface area contributed by atoms with Gasteiger partial charge >= 0.3 is 5.97 Å². The topological polar surface area (TPSA) is 56.8 Å². The minimum absolute atomic E-state index is 0.0306. The number of rotatable bonds is 10. The molecule has 0 saturated carbocycles. The number of hydrogen-bond acceptors (Lipinski definition) is 5. The molecule has 0 amide bonds. The van der Waals surface area contributed by atoms with Gasteiger partial charge in [-0.25, -0.2) is 0 Å². The number of likely N-dealkylation sites (N-methyl/N-ethyl adjacent to an activating group) is 1. The summed E-state index contributed by atoms with van der Waals surface area (Å²) in [7, 11) is 1.64. The molecule has 0 heterocycles. The molecule has 0 aromatic rings. The third-order valence-electron chi connectivity index (χ3n) is 2.70. The molecule has 0 bridgehead atoms. The van der Waals surface area contributed by atoms with Gasteiger partial charge in [0.15, 0.2) is 0 Å². The first-order chi connectivity index (χ1) is 8.50. The van der Waals surface area contributed by atoms with Crippen LogP contribution in [0.5, 0.6) is 0 Å². The van der Waals surface area contributed by atoms with Gasteiger partial charge in [0.1, 0.15) is 5.54 Å². The van der Waals surface area contributed by atoms with Crippen molar-refractivity contribution in [2.24, 2.45) is 0 Å². The molecule has 108 valence electrons. The summed E-state index contributed by atoms with van der Waals surface area (Å²) in [5.74, 6) is -0.227. The van der Waals surface area contributed by atoms with Gasteiger partial charge in [-0.1, -0.05) is 6.92 Å². The van der Waals surface area contributed by atoms with Crippen molar-refractivity contribution in [3.8, 4) is 0 Å². The van der Waals surface area contributed by atoms with Crippen LogP contribution in [0.15, 0.2) is 0 Å². The molecule has 0 spiro atoms. The summed E-state index contributed by atoms with van der Waals surface area (Å²) in [6.45, 7) is 9.71. The number of carbonyl (C=O) groups excluding carboxylic acids is 1. The average molecular weight is 261 g/mol. The highest BCUT2D eigenvalue weighted by molar-refractivity contribution is 5.80. The lowest BCUT2D eigenvalue weighted by Gasteiger charge is -2.28. The first-order valence-corrected chi connectivity index (χ1v) is 6.53. The van der Waals surface area contributed by atoms with Gasteiger partial charge in [-0.3, -0.25) is 4.79 Å². The molecular formula is C13H27NO4. The van der Waals surface area contributed by atoms with E-state index in [1.807, 2.05) is 20.8 Å². The number of methoxy groups -OCH3 is 1. The van der Waals surface area contributed by atoms with Gasteiger partial charge in [-0.15, -0.1) is 0 Å². The summed E-state index contributed by atoms with van der Waals surface area (Å²) >= 11 is 0. The Morgan fingerprint density at radius 3 is 2.56 bits per heavy atom. The van der Waals surface area contributed by atoms with Crippen LogP contribution in [0.4, 0.5) is 0 Å². The van der Waals surface area contributed by atoms with Crippen LogP contribution in [0.25, 0.3) is 0 Å². The van der Waals surface area contributed by atoms with Crippen LogP contribution in [0.1, 0.15) is 34.1 Å². The Bertz CT molecular complexity index is 235. The maximum atomic E-state index is 11.9. The van der Waals surface area contributed by atoms with E-state index >= 15 is 0 Å². The van der Waals surface area contributed by atoms with Crippen LogP contribution in [0, 0.1) is 0 Å². The van der Waals surface area contributed by atoms with Crippen LogP contribution in [-0.4, -0.2) is 51.1 Å². The number of esters is 1. The molecule has 5 nitrogen and oxygen atoms in total. The Kier molecular flexibility index (Phi) is 8.97. The molecular weight excluding hydrogens is 234 g/mol. The van der Waals surface area contributed by atoms with Crippen molar-refractivity contribution in [1.29, 1.82) is 0 Å². The first-order valence-electron chi connectivity index (χ1n) is 6.53. The first kappa shape index (κ1) is 17.4. The largest absolute Gasteiger partial charge is 0.465 e. The summed E-state index contributed by atoms with van der Waals surface area (Å²) in [5, 5.41) is 3.16. The molecule has 0 aromatic heterocycles. The lowest BCUT2D eigenvalue weighted by Crippen LogP contribution is -2.51. The Hall–Kier alpha value is -0.650. The van der Waals surface area contributed by atoms with Crippen molar-refractivity contribution < 1.29 is 19.0 Å². The van der Waals surface area contributed by atoms with Crippen molar-refractivity contribution in [2.45, 2.75) is 45.8 Å². The molecule has 0 aliphatic heterocycles. The summed E-state index contributed by atoms with van der Waals surface area (Å²) in [4.78, 5) is 11.9. The van der Waals surface area contributed by atoms with Crippen molar-refractivity contribution in [3.63, 3.8) is 0 Å². The van der Waals surface area contributed by atoms with Gasteiger partial charge in [-0.05, 0) is 33.7 Å². The molecule has 0 fully saturated rings. The predicted molar refractivity (Wildman–Crippen MR) is 70.6 cm³/mol. The van der Waals surface area contributed by atoms with E-state index in [-0.39, 0.29) is 12.1 Å². The van der Waals surface area contributed by atoms with E-state index in [9.17, 15) is 4.79 Å². The highest BCUT2D eigenvalue weighted by Crippen LogP contribution is 2.13. The van der Waals surface area contributed by atoms with Crippen LogP contribution in [0.3, 0.4) is 0 Å². The summed E-state index contributed by atoms with van der Waals surface area (Å²) < 4.78 is 15.7. The lowest BCUT2D eigenvalue weighted by atomic mass is 9.98. The lowest BCUT2D eigenvalue weighted by molar-refractivity contribution is -0.151. The Morgan fingerprint density at radius 2 is 2.06 bits per heavy atom. The van der Waals surface area contributed by atoms with E-state index in [4.69, 9.17) is 14.2 Å². The quantitative estimate of drug-likeness (QED) is 0.602. The van der Waals surface area contributed by atoms with Crippen molar-refractivity contribution in [2.75, 3.05) is 33.5 Å². The third kappa shape index (κ3) is 6.33. The molecule has 0 aliphatic carbocycles. The molecule has 0 saturated heterocycles. The summed E-state index contributed by atoms with van der Waals surface area (Å²) in [5.41, 5.74) is -0.683. The van der Waals surface area contributed by atoms with Gasteiger partial charge in [0.2, 0.25) is 0 Å². The molecule has 0 aromatic carbocycles. The molecule has 18 heavy (non-hydrogen) atoms. The van der Waals surface area contributed by atoms with Crippen molar-refractivity contribution in [3.05, 3.63) is 0 Å². The fraction of sp³-hybridized carbons (Fsp3) is 0.923. The highest BCUT2D eigenvalue weighted by Gasteiger charge is 2.33. The molecule has 0 rings (SSSR count). The third-order valence-corrected chi connectivity index (χ3v) is 2.70. The maximum absolute atomic E-state index is 11.9. The smallest absolute Gasteiger partial charge is 0.326 e. The fourth-order valence-corrected chi connectivity index (χ4v) is 1.69. The van der Waals surface area contributed by atoms with Crippen molar-refractivity contribution >= 4 is 5.97 Å². The fourth-order valence-electron chi connectivity index (χ4n) is 1.69. The van der Waals surface area contributed by atoms with E-state index in [1.54, 1.807) is 14.0 Å². The zero-order valence-corrected chi connectivity index (χ0v) is 12.2. The predicted octanol–water partition coefficient (Wildman–Crippen LogP) is 1.36. The SMILES string of the molecule is CCNC(C)(CCOC(C)COC)C(=O)OCC. The second-order valence-corrected chi connectivity index (χ2v) is 4.47. The van der Waals surface area contributed by atoms with Gasteiger partial charge in [0, 0.05) is 13.7 Å². The van der Waals surface area contributed by atoms with Crippen LogP contribution >= 0.6 is 0 Å². The average Bonchev–Trinajstić information content (AvgIpc) is 2.30. The van der Waals surface area contributed by atoms with Gasteiger partial charge in [0.25, 0.3) is 0 Å². The monoisotopic (exact) mass is 261 g/mol. The minimum Gasteiger partial charge on any atom is -0.465 e. The second kappa shape index (κ2) is 9.30. The normalized spacial score (nSPS) is 16.1. The molecule has 0 aliphatic rings. The highest BCUT2D eigenvalue weighted by atomic mass is 16.5. The van der Waals surface area contributed by atoms with E-state index in [2.05, 4.69) is 5.32 Å². The standard InChI is InChI=1S/C13H27NO4/c1-6-14-13(4,12(15)17-7-2)8-9-18-11(3)10-16-5/h11,14H,6-10H2,1-5H3. The molecule has 2 unspecified atom stereocenters. The van der Waals surface area contributed by atoms with E-state index in [0.717, 1.165) is 0 Å². The molecule has 2 atom stereocenters. The van der Waals surface area contributed by atoms with Crippen LogP contribution < -0.4 is 5.32 Å². The Balaban J connectivity index is 4.21. The zero-order valence-electron chi connectivity index (χ0n) is 12.2. The van der Waals surface area contributed by atoms with E-state index in [0.29, 0.717) is 32.8 Å². The van der Waals surface area contributed by atoms with E-state index < -0.39 is 5.54 Å². The maximum Gasteiger partial charge on any atom is 0.326 e. The molecule has 0 radical (unpaired) electrons. The summed E-state index contributed by atoms with van der Waals surface area (Å²) in [6, 6.07) is 0. The molecule has 1 N–H and O–H groups in total. The van der Waals surface area contributed by atoms with Gasteiger partial charge in [-0.2, -0.15) is 0 Å². The van der Waals surface area contributed by atoms with Crippen LogP contribution in [-0.2, 0) is 19.0 Å². The molecule has 5 heteroatoms. The minimum atomic E-state index is -0.683. The Morgan fingerprint density at radius 1 is 1.39 bits per heavy atom. The van der Waals surface area contributed by atoms with Crippen molar-refractivity contribution in [1.82, 2.24) is 5.32 Å². The number of hydrogen-bond donors (Lipinski definition) is 1. The van der Waals surface area contributed by atoms with Gasteiger partial charge in [0.05, 0.1) is 19.3 Å². The number of nitrogens with one attached hydrogen (secondary N) is 1. The van der Waals surface area contributed by atoms with Crippen LogP contribution in [0.2, 0.25) is 0 Å². The number of ether oxygens (including phenoxy) is 3.